The highest BCUT2D eigenvalue weighted by atomic mass is 32.1. The second kappa shape index (κ2) is 6.73. The van der Waals surface area contributed by atoms with E-state index in [4.69, 9.17) is 4.74 Å². The summed E-state index contributed by atoms with van der Waals surface area (Å²) >= 11 is 1.84. The van der Waals surface area contributed by atoms with Gasteiger partial charge in [-0.1, -0.05) is 18.2 Å². The molecule has 118 valence electrons. The van der Waals surface area contributed by atoms with Gasteiger partial charge in [0, 0.05) is 16.1 Å². The fraction of sp³-hybridized carbons (Fsp3) is 0.300. The van der Waals surface area contributed by atoms with Gasteiger partial charge < -0.3 is 4.74 Å². The number of ether oxygens (including phenoxy) is 1. The second-order valence-electron chi connectivity index (χ2n) is 6.07. The minimum absolute atomic E-state index is 0.780. The first-order valence-electron chi connectivity index (χ1n) is 8.33. The first-order valence-corrected chi connectivity index (χ1v) is 9.14. The molecular formula is C20H21NOS. The van der Waals surface area contributed by atoms with E-state index in [1.54, 1.807) is 0 Å². The van der Waals surface area contributed by atoms with Crippen LogP contribution in [0.3, 0.4) is 0 Å². The molecule has 0 atom stereocenters. The molecule has 0 bridgehead atoms. The molecular weight excluding hydrogens is 302 g/mol. The highest BCUT2D eigenvalue weighted by molar-refractivity contribution is 7.22. The number of fused-ring (bicyclic) bond motifs is 1. The first kappa shape index (κ1) is 14.7. The maximum absolute atomic E-state index is 5.88. The molecule has 23 heavy (non-hydrogen) atoms. The number of hydrogen-bond donors (Lipinski definition) is 0. The van der Waals surface area contributed by atoms with Gasteiger partial charge in [0.2, 0.25) is 0 Å². The van der Waals surface area contributed by atoms with Crippen molar-refractivity contribution in [3.63, 3.8) is 0 Å². The van der Waals surface area contributed by atoms with Crippen molar-refractivity contribution in [2.75, 3.05) is 26.2 Å². The molecule has 1 aliphatic rings. The highest BCUT2D eigenvalue weighted by Gasteiger charge is 2.10. The molecule has 4 rings (SSSR count). The van der Waals surface area contributed by atoms with Crippen LogP contribution in [0.1, 0.15) is 12.8 Å². The van der Waals surface area contributed by atoms with Crippen molar-refractivity contribution in [1.82, 2.24) is 4.90 Å². The van der Waals surface area contributed by atoms with Crippen LogP contribution in [-0.2, 0) is 0 Å². The van der Waals surface area contributed by atoms with Gasteiger partial charge in [0.25, 0.3) is 0 Å². The monoisotopic (exact) mass is 323 g/mol. The van der Waals surface area contributed by atoms with Crippen molar-refractivity contribution in [2.45, 2.75) is 12.8 Å². The van der Waals surface area contributed by atoms with Crippen LogP contribution in [0.15, 0.2) is 54.6 Å². The van der Waals surface area contributed by atoms with Gasteiger partial charge in [0.05, 0.1) is 0 Å². The third-order valence-electron chi connectivity index (χ3n) is 4.44. The summed E-state index contributed by atoms with van der Waals surface area (Å²) in [6.07, 6.45) is 2.67. The van der Waals surface area contributed by atoms with Crippen LogP contribution in [0.25, 0.3) is 20.5 Å². The Morgan fingerprint density at radius 1 is 0.957 bits per heavy atom. The zero-order valence-corrected chi connectivity index (χ0v) is 14.0. The summed E-state index contributed by atoms with van der Waals surface area (Å²) in [6.45, 7) is 4.28. The minimum Gasteiger partial charge on any atom is -0.492 e. The number of nitrogens with zero attached hydrogens (tertiary/aromatic N) is 1. The van der Waals surface area contributed by atoms with E-state index in [9.17, 15) is 0 Å². The number of rotatable bonds is 5. The van der Waals surface area contributed by atoms with Crippen LogP contribution in [0, 0.1) is 0 Å². The van der Waals surface area contributed by atoms with Crippen molar-refractivity contribution >= 4 is 21.4 Å². The number of thiophene rings is 1. The van der Waals surface area contributed by atoms with Gasteiger partial charge in [-0.2, -0.15) is 0 Å². The molecule has 1 fully saturated rings. The Bertz CT molecular complexity index is 739. The highest BCUT2D eigenvalue weighted by Crippen LogP contribution is 2.33. The lowest BCUT2D eigenvalue weighted by molar-refractivity contribution is 0.238. The molecule has 0 spiro atoms. The number of benzene rings is 2. The van der Waals surface area contributed by atoms with Crippen LogP contribution >= 0.6 is 11.3 Å². The van der Waals surface area contributed by atoms with Gasteiger partial charge in [-0.3, -0.25) is 4.90 Å². The summed E-state index contributed by atoms with van der Waals surface area (Å²) in [5.74, 6) is 0.967. The van der Waals surface area contributed by atoms with E-state index in [0.29, 0.717) is 0 Å². The van der Waals surface area contributed by atoms with Crippen LogP contribution in [0.5, 0.6) is 5.75 Å². The predicted octanol–water partition coefficient (Wildman–Crippen LogP) is 5.04. The maximum atomic E-state index is 5.88. The summed E-state index contributed by atoms with van der Waals surface area (Å²) in [5.41, 5.74) is 1.26. The molecule has 1 saturated heterocycles. The van der Waals surface area contributed by atoms with E-state index >= 15 is 0 Å². The molecule has 1 aliphatic heterocycles. The number of hydrogen-bond acceptors (Lipinski definition) is 3. The molecule has 3 heteroatoms. The zero-order valence-electron chi connectivity index (χ0n) is 13.2. The van der Waals surface area contributed by atoms with Gasteiger partial charge in [-0.15, -0.1) is 11.3 Å². The Morgan fingerprint density at radius 2 is 1.74 bits per heavy atom. The topological polar surface area (TPSA) is 12.5 Å². The zero-order chi connectivity index (χ0) is 15.5. The van der Waals surface area contributed by atoms with Gasteiger partial charge >= 0.3 is 0 Å². The molecule has 2 nitrogen and oxygen atoms in total. The van der Waals surface area contributed by atoms with Gasteiger partial charge in [-0.25, -0.2) is 0 Å². The van der Waals surface area contributed by atoms with Crippen LogP contribution in [0.2, 0.25) is 0 Å². The molecule has 0 N–H and O–H groups in total. The largest absolute Gasteiger partial charge is 0.492 e. The van der Waals surface area contributed by atoms with Crippen molar-refractivity contribution in [3.8, 4) is 16.2 Å². The van der Waals surface area contributed by atoms with Gasteiger partial charge in [0.1, 0.15) is 12.4 Å². The van der Waals surface area contributed by atoms with Gasteiger partial charge in [0.15, 0.2) is 0 Å². The Kier molecular flexibility index (Phi) is 4.31. The Morgan fingerprint density at radius 3 is 2.52 bits per heavy atom. The molecule has 0 amide bonds. The van der Waals surface area contributed by atoms with Crippen LogP contribution in [0.4, 0.5) is 0 Å². The minimum atomic E-state index is 0.780. The molecule has 0 saturated carbocycles. The molecule has 0 radical (unpaired) electrons. The third kappa shape index (κ3) is 3.41. The summed E-state index contributed by atoms with van der Waals surface area (Å²) in [4.78, 5) is 3.79. The first-order chi connectivity index (χ1) is 11.4. The van der Waals surface area contributed by atoms with E-state index < -0.39 is 0 Å². The molecule has 3 aromatic rings. The fourth-order valence-electron chi connectivity index (χ4n) is 3.14. The van der Waals surface area contributed by atoms with E-state index in [0.717, 1.165) is 18.9 Å². The summed E-state index contributed by atoms with van der Waals surface area (Å²) in [5, 5.41) is 1.32. The lowest BCUT2D eigenvalue weighted by atomic mass is 10.1. The molecule has 0 unspecified atom stereocenters. The van der Waals surface area contributed by atoms with Crippen molar-refractivity contribution < 1.29 is 4.74 Å². The Hall–Kier alpha value is -1.84. The summed E-state index contributed by atoms with van der Waals surface area (Å²) < 4.78 is 7.22. The normalized spacial score (nSPS) is 15.3. The lowest BCUT2D eigenvalue weighted by Crippen LogP contribution is -2.25. The van der Waals surface area contributed by atoms with E-state index in [-0.39, 0.29) is 0 Å². The fourth-order valence-corrected chi connectivity index (χ4v) is 4.21. The SMILES string of the molecule is c1ccc2sc(-c3ccc(OCCN4CCCC4)cc3)cc2c1. The molecule has 2 heterocycles. The van der Waals surface area contributed by atoms with Crippen molar-refractivity contribution in [1.29, 1.82) is 0 Å². The Balaban J connectivity index is 1.40. The number of likely N-dealkylation sites (tertiary alicyclic amines) is 1. The van der Waals surface area contributed by atoms with E-state index in [1.165, 1.54) is 46.5 Å². The predicted molar refractivity (Wildman–Crippen MR) is 98.4 cm³/mol. The average Bonchev–Trinajstić information content (AvgIpc) is 3.24. The smallest absolute Gasteiger partial charge is 0.119 e. The van der Waals surface area contributed by atoms with E-state index in [2.05, 4.69) is 59.5 Å². The van der Waals surface area contributed by atoms with Crippen molar-refractivity contribution in [2.24, 2.45) is 0 Å². The van der Waals surface area contributed by atoms with Gasteiger partial charge in [-0.05, 0) is 73.3 Å². The second-order valence-corrected chi connectivity index (χ2v) is 7.15. The summed E-state index contributed by atoms with van der Waals surface area (Å²) in [7, 11) is 0. The van der Waals surface area contributed by atoms with E-state index in [1.807, 2.05) is 11.3 Å². The average molecular weight is 323 g/mol. The molecule has 1 aromatic heterocycles. The standard InChI is InChI=1S/C20H21NOS/c1-2-6-19-17(5-1)15-20(23-19)16-7-9-18(10-8-16)22-14-13-21-11-3-4-12-21/h1-2,5-10,15H,3-4,11-14H2. The quantitative estimate of drug-likeness (QED) is 0.652. The lowest BCUT2D eigenvalue weighted by Gasteiger charge is -2.14. The molecule has 0 aliphatic carbocycles. The maximum Gasteiger partial charge on any atom is 0.119 e. The van der Waals surface area contributed by atoms with Crippen molar-refractivity contribution in [3.05, 3.63) is 54.6 Å². The molecule has 2 aromatic carbocycles. The van der Waals surface area contributed by atoms with Crippen LogP contribution < -0.4 is 4.74 Å². The van der Waals surface area contributed by atoms with Crippen LogP contribution in [-0.4, -0.2) is 31.1 Å². The third-order valence-corrected chi connectivity index (χ3v) is 5.60. The summed E-state index contributed by atoms with van der Waals surface area (Å²) in [6, 6.07) is 19.3. The Labute approximate surface area is 141 Å².